The maximum Gasteiger partial charge on any atom is 0.119 e. The van der Waals surface area contributed by atoms with Crippen LogP contribution < -0.4 is 4.74 Å². The van der Waals surface area contributed by atoms with Crippen LogP contribution in [0.5, 0.6) is 5.75 Å². The van der Waals surface area contributed by atoms with Gasteiger partial charge < -0.3 is 9.30 Å². The zero-order valence-electron chi connectivity index (χ0n) is 9.69. The van der Waals surface area contributed by atoms with Crippen molar-refractivity contribution in [3.63, 3.8) is 0 Å². The van der Waals surface area contributed by atoms with E-state index in [0.717, 1.165) is 16.7 Å². The van der Waals surface area contributed by atoms with Crippen LogP contribution in [0.15, 0.2) is 24.4 Å². The molecule has 0 aliphatic carbocycles. The molecule has 82 valence electrons. The van der Waals surface area contributed by atoms with E-state index in [-0.39, 0.29) is 0 Å². The van der Waals surface area contributed by atoms with E-state index < -0.39 is 0 Å². The van der Waals surface area contributed by atoms with Crippen molar-refractivity contribution in [2.24, 2.45) is 0 Å². The SMILES string of the molecule is COc1ccc2c(c1)c(C#N)cn2C(C)C. The Hall–Kier alpha value is -1.95. The Morgan fingerprint density at radius 3 is 2.69 bits per heavy atom. The molecule has 2 rings (SSSR count). The number of hydrogen-bond donors (Lipinski definition) is 0. The fourth-order valence-electron chi connectivity index (χ4n) is 1.88. The summed E-state index contributed by atoms with van der Waals surface area (Å²) in [6.07, 6.45) is 1.90. The molecule has 2 aromatic rings. The van der Waals surface area contributed by atoms with Crippen LogP contribution in [0.25, 0.3) is 10.9 Å². The molecule has 3 nitrogen and oxygen atoms in total. The Balaban J connectivity index is 2.75. The molecule has 0 aliphatic rings. The van der Waals surface area contributed by atoms with Crippen molar-refractivity contribution < 1.29 is 4.74 Å². The summed E-state index contributed by atoms with van der Waals surface area (Å²) in [4.78, 5) is 0. The topological polar surface area (TPSA) is 37.9 Å². The normalized spacial score (nSPS) is 10.7. The van der Waals surface area contributed by atoms with Crippen LogP contribution in [-0.2, 0) is 0 Å². The highest BCUT2D eigenvalue weighted by molar-refractivity contribution is 5.87. The van der Waals surface area contributed by atoms with Crippen LogP contribution in [-0.4, -0.2) is 11.7 Å². The second-order valence-corrected chi connectivity index (χ2v) is 4.04. The lowest BCUT2D eigenvalue weighted by Crippen LogP contribution is -1.97. The molecule has 0 unspecified atom stereocenters. The van der Waals surface area contributed by atoms with Gasteiger partial charge >= 0.3 is 0 Å². The average molecular weight is 214 g/mol. The third-order valence-corrected chi connectivity index (χ3v) is 2.72. The first-order valence-electron chi connectivity index (χ1n) is 5.26. The third-order valence-electron chi connectivity index (χ3n) is 2.72. The van der Waals surface area contributed by atoms with Crippen LogP contribution in [0.2, 0.25) is 0 Å². The molecule has 0 atom stereocenters. The summed E-state index contributed by atoms with van der Waals surface area (Å²) in [5.41, 5.74) is 1.77. The molecule has 0 N–H and O–H groups in total. The van der Waals surface area contributed by atoms with Crippen molar-refractivity contribution in [1.29, 1.82) is 5.26 Å². The molecule has 0 spiro atoms. The molecule has 1 aromatic heterocycles. The van der Waals surface area contributed by atoms with Gasteiger partial charge in [-0.3, -0.25) is 0 Å². The summed E-state index contributed by atoms with van der Waals surface area (Å²) in [5, 5.41) is 10.0. The Kier molecular flexibility index (Phi) is 2.57. The molecule has 3 heteroatoms. The van der Waals surface area contributed by atoms with Crippen LogP contribution in [0.4, 0.5) is 0 Å². The fraction of sp³-hybridized carbons (Fsp3) is 0.308. The molecule has 0 amide bonds. The van der Waals surface area contributed by atoms with E-state index in [1.807, 2.05) is 24.4 Å². The minimum absolute atomic E-state index is 0.345. The van der Waals surface area contributed by atoms with Gasteiger partial charge in [0.15, 0.2) is 0 Å². The lowest BCUT2D eigenvalue weighted by Gasteiger charge is -2.09. The smallest absolute Gasteiger partial charge is 0.119 e. The number of methoxy groups -OCH3 is 1. The molecule has 0 radical (unpaired) electrons. The van der Waals surface area contributed by atoms with Gasteiger partial charge in [-0.15, -0.1) is 0 Å². The molecular weight excluding hydrogens is 200 g/mol. The highest BCUT2D eigenvalue weighted by Gasteiger charge is 2.10. The van der Waals surface area contributed by atoms with E-state index in [9.17, 15) is 0 Å². The number of ether oxygens (including phenoxy) is 1. The van der Waals surface area contributed by atoms with Gasteiger partial charge in [0.1, 0.15) is 11.8 Å². The van der Waals surface area contributed by atoms with Crippen LogP contribution in [0.3, 0.4) is 0 Å². The van der Waals surface area contributed by atoms with E-state index >= 15 is 0 Å². The quantitative estimate of drug-likeness (QED) is 0.770. The van der Waals surface area contributed by atoms with Gasteiger partial charge in [0.25, 0.3) is 0 Å². The molecular formula is C13H14N2O. The maximum absolute atomic E-state index is 9.09. The van der Waals surface area contributed by atoms with Gasteiger partial charge in [0.2, 0.25) is 0 Å². The highest BCUT2D eigenvalue weighted by atomic mass is 16.5. The predicted octanol–water partition coefficient (Wildman–Crippen LogP) is 3.10. The van der Waals surface area contributed by atoms with Crippen LogP contribution in [0, 0.1) is 11.3 Å². The number of rotatable bonds is 2. The predicted molar refractivity (Wildman–Crippen MR) is 63.6 cm³/mol. The number of hydrogen-bond acceptors (Lipinski definition) is 2. The van der Waals surface area contributed by atoms with Gasteiger partial charge in [-0.1, -0.05) is 0 Å². The van der Waals surface area contributed by atoms with Crippen molar-refractivity contribution in [3.05, 3.63) is 30.0 Å². The van der Waals surface area contributed by atoms with E-state index in [4.69, 9.17) is 10.00 Å². The summed E-state index contributed by atoms with van der Waals surface area (Å²) < 4.78 is 7.28. The largest absolute Gasteiger partial charge is 0.497 e. The Bertz CT molecular complexity index is 561. The van der Waals surface area contributed by atoms with Crippen molar-refractivity contribution in [2.45, 2.75) is 19.9 Å². The van der Waals surface area contributed by atoms with Crippen LogP contribution in [0.1, 0.15) is 25.5 Å². The van der Waals surface area contributed by atoms with Gasteiger partial charge in [0, 0.05) is 23.1 Å². The maximum atomic E-state index is 9.09. The molecule has 0 saturated heterocycles. The lowest BCUT2D eigenvalue weighted by atomic mass is 10.2. The first kappa shape index (κ1) is 10.6. The Morgan fingerprint density at radius 1 is 1.38 bits per heavy atom. The summed E-state index contributed by atoms with van der Waals surface area (Å²) in [6.45, 7) is 4.20. The number of nitrogens with zero attached hydrogens (tertiary/aromatic N) is 2. The Morgan fingerprint density at radius 2 is 2.12 bits per heavy atom. The standard InChI is InChI=1S/C13H14N2O/c1-9(2)15-8-10(7-14)12-6-11(16-3)4-5-13(12)15/h4-6,8-9H,1-3H3. The molecule has 16 heavy (non-hydrogen) atoms. The summed E-state index contributed by atoms with van der Waals surface area (Å²) in [5.74, 6) is 0.783. The molecule has 0 bridgehead atoms. The summed E-state index contributed by atoms with van der Waals surface area (Å²) in [6, 6.07) is 8.39. The second-order valence-electron chi connectivity index (χ2n) is 4.04. The first-order valence-corrected chi connectivity index (χ1v) is 5.26. The highest BCUT2D eigenvalue weighted by Crippen LogP contribution is 2.27. The van der Waals surface area contributed by atoms with Crippen molar-refractivity contribution in [2.75, 3.05) is 7.11 Å². The van der Waals surface area contributed by atoms with E-state index in [1.165, 1.54) is 0 Å². The molecule has 1 aromatic carbocycles. The third kappa shape index (κ3) is 1.53. The van der Waals surface area contributed by atoms with Crippen LogP contribution >= 0.6 is 0 Å². The molecule has 0 aliphatic heterocycles. The van der Waals surface area contributed by atoms with E-state index in [1.54, 1.807) is 7.11 Å². The van der Waals surface area contributed by atoms with E-state index in [0.29, 0.717) is 11.6 Å². The van der Waals surface area contributed by atoms with Gasteiger partial charge in [-0.2, -0.15) is 5.26 Å². The monoisotopic (exact) mass is 214 g/mol. The van der Waals surface area contributed by atoms with Crippen molar-refractivity contribution >= 4 is 10.9 Å². The Labute approximate surface area is 94.9 Å². The first-order chi connectivity index (χ1) is 7.67. The average Bonchev–Trinajstić information content (AvgIpc) is 2.66. The number of aromatic nitrogens is 1. The molecule has 0 fully saturated rings. The zero-order valence-corrected chi connectivity index (χ0v) is 9.69. The fourth-order valence-corrected chi connectivity index (χ4v) is 1.88. The number of nitriles is 1. The number of benzene rings is 1. The number of fused-ring (bicyclic) bond motifs is 1. The van der Waals surface area contributed by atoms with Crippen molar-refractivity contribution in [3.8, 4) is 11.8 Å². The molecule has 1 heterocycles. The van der Waals surface area contributed by atoms with E-state index in [2.05, 4.69) is 24.5 Å². The van der Waals surface area contributed by atoms with Gasteiger partial charge in [0.05, 0.1) is 12.7 Å². The zero-order chi connectivity index (χ0) is 11.7. The van der Waals surface area contributed by atoms with Gasteiger partial charge in [-0.05, 0) is 32.0 Å². The molecule has 0 saturated carbocycles. The van der Waals surface area contributed by atoms with Crippen molar-refractivity contribution in [1.82, 2.24) is 4.57 Å². The lowest BCUT2D eigenvalue weighted by molar-refractivity contribution is 0.415. The van der Waals surface area contributed by atoms with Gasteiger partial charge in [-0.25, -0.2) is 0 Å². The summed E-state index contributed by atoms with van der Waals surface area (Å²) >= 11 is 0. The minimum atomic E-state index is 0.345. The second kappa shape index (κ2) is 3.90. The minimum Gasteiger partial charge on any atom is -0.497 e. The summed E-state index contributed by atoms with van der Waals surface area (Å²) in [7, 11) is 1.63.